The normalized spacial score (nSPS) is 15.1. The Morgan fingerprint density at radius 3 is 2.47 bits per heavy atom. The van der Waals surface area contributed by atoms with Crippen LogP contribution in [0.1, 0.15) is 24.0 Å². The number of benzene rings is 1. The summed E-state index contributed by atoms with van der Waals surface area (Å²) in [7, 11) is 0. The average Bonchev–Trinajstić information content (AvgIpc) is 2.99. The van der Waals surface area contributed by atoms with E-state index in [-0.39, 0.29) is 0 Å². The highest BCUT2D eigenvalue weighted by molar-refractivity contribution is 5.87. The Labute approximate surface area is 90.8 Å². The minimum absolute atomic E-state index is 0.455. The van der Waals surface area contributed by atoms with E-state index >= 15 is 0 Å². The molecule has 0 spiro atoms. The Morgan fingerprint density at radius 2 is 1.93 bits per heavy atom. The van der Waals surface area contributed by atoms with Gasteiger partial charge in [-0.05, 0) is 37.8 Å². The molecule has 1 fully saturated rings. The van der Waals surface area contributed by atoms with Crippen molar-refractivity contribution in [2.45, 2.75) is 26.7 Å². The Morgan fingerprint density at radius 1 is 1.33 bits per heavy atom. The van der Waals surface area contributed by atoms with Gasteiger partial charge in [0.25, 0.3) is 0 Å². The van der Waals surface area contributed by atoms with E-state index in [9.17, 15) is 0 Å². The molecule has 80 valence electrons. The fourth-order valence-corrected chi connectivity index (χ4v) is 1.73. The van der Waals surface area contributed by atoms with Crippen LogP contribution in [0.2, 0.25) is 0 Å². The van der Waals surface area contributed by atoms with Gasteiger partial charge in [0.1, 0.15) is 12.4 Å². The lowest BCUT2D eigenvalue weighted by Gasteiger charge is -2.11. The summed E-state index contributed by atoms with van der Waals surface area (Å²) in [5.74, 6) is 1.46. The molecule has 0 radical (unpaired) electrons. The molecule has 1 aromatic rings. The lowest BCUT2D eigenvalue weighted by molar-refractivity contribution is 0.367. The summed E-state index contributed by atoms with van der Waals surface area (Å²) in [6, 6.07) is 6.12. The van der Waals surface area contributed by atoms with Crippen LogP contribution in [0, 0.1) is 25.2 Å². The van der Waals surface area contributed by atoms with Crippen molar-refractivity contribution >= 4 is 5.71 Å². The van der Waals surface area contributed by atoms with E-state index in [0.717, 1.165) is 22.6 Å². The van der Waals surface area contributed by atoms with Gasteiger partial charge in [0.2, 0.25) is 0 Å². The molecule has 0 amide bonds. The molecule has 0 saturated heterocycles. The lowest BCUT2D eigenvalue weighted by Crippen LogP contribution is -2.13. The standard InChI is InChI=1S/C13H17NO/c1-9-4-3-5-10(2)13(9)15-8-12(14)11-6-7-11/h3-5,11,14H,6-8H2,1-2H3. The third kappa shape index (κ3) is 2.38. The molecule has 0 aromatic heterocycles. The van der Waals surface area contributed by atoms with E-state index in [0.29, 0.717) is 12.5 Å². The number of para-hydroxylation sites is 1. The predicted octanol–water partition coefficient (Wildman–Crippen LogP) is 3.11. The molecule has 1 saturated carbocycles. The Kier molecular flexibility index (Phi) is 2.76. The second kappa shape index (κ2) is 4.05. The van der Waals surface area contributed by atoms with E-state index in [1.807, 2.05) is 32.0 Å². The molecule has 2 nitrogen and oxygen atoms in total. The maximum Gasteiger partial charge on any atom is 0.126 e. The van der Waals surface area contributed by atoms with Gasteiger partial charge in [-0.15, -0.1) is 0 Å². The predicted molar refractivity (Wildman–Crippen MR) is 61.9 cm³/mol. The van der Waals surface area contributed by atoms with E-state index in [4.69, 9.17) is 10.1 Å². The molecule has 0 unspecified atom stereocenters. The third-order valence-electron chi connectivity index (χ3n) is 2.85. The number of hydrogen-bond acceptors (Lipinski definition) is 2. The highest BCUT2D eigenvalue weighted by atomic mass is 16.5. The summed E-state index contributed by atoms with van der Waals surface area (Å²) in [6.45, 7) is 4.54. The Hall–Kier alpha value is -1.31. The second-order valence-corrected chi connectivity index (χ2v) is 4.31. The molecule has 1 aromatic carbocycles. The van der Waals surface area contributed by atoms with Crippen LogP contribution in [0.5, 0.6) is 5.75 Å². The van der Waals surface area contributed by atoms with Gasteiger partial charge in [0.15, 0.2) is 0 Å². The average molecular weight is 203 g/mol. The molecule has 0 atom stereocenters. The molecule has 1 aliphatic rings. The summed E-state index contributed by atoms with van der Waals surface area (Å²) in [5.41, 5.74) is 3.05. The van der Waals surface area contributed by atoms with Crippen molar-refractivity contribution in [3.63, 3.8) is 0 Å². The Bertz CT molecular complexity index is 360. The minimum atomic E-state index is 0.455. The number of nitrogens with one attached hydrogen (secondary N) is 1. The monoisotopic (exact) mass is 203 g/mol. The van der Waals surface area contributed by atoms with Crippen LogP contribution in [0.3, 0.4) is 0 Å². The van der Waals surface area contributed by atoms with Crippen LogP contribution >= 0.6 is 0 Å². The first-order valence-electron chi connectivity index (χ1n) is 5.45. The van der Waals surface area contributed by atoms with Crippen LogP contribution in [0.25, 0.3) is 0 Å². The third-order valence-corrected chi connectivity index (χ3v) is 2.85. The lowest BCUT2D eigenvalue weighted by atomic mass is 10.1. The smallest absolute Gasteiger partial charge is 0.126 e. The highest BCUT2D eigenvalue weighted by Gasteiger charge is 2.26. The first-order valence-corrected chi connectivity index (χ1v) is 5.45. The molecule has 15 heavy (non-hydrogen) atoms. The quantitative estimate of drug-likeness (QED) is 0.749. The summed E-state index contributed by atoms with van der Waals surface area (Å²) in [6.07, 6.45) is 2.35. The van der Waals surface area contributed by atoms with Crippen molar-refractivity contribution in [2.75, 3.05) is 6.61 Å². The van der Waals surface area contributed by atoms with Gasteiger partial charge in [-0.3, -0.25) is 0 Å². The zero-order valence-electron chi connectivity index (χ0n) is 9.34. The van der Waals surface area contributed by atoms with E-state index in [2.05, 4.69) is 0 Å². The van der Waals surface area contributed by atoms with Crippen LogP contribution in [0.4, 0.5) is 0 Å². The van der Waals surface area contributed by atoms with Gasteiger partial charge in [0, 0.05) is 11.6 Å². The summed E-state index contributed by atoms with van der Waals surface area (Å²) < 4.78 is 5.71. The molecule has 0 bridgehead atoms. The second-order valence-electron chi connectivity index (χ2n) is 4.31. The van der Waals surface area contributed by atoms with Gasteiger partial charge in [-0.25, -0.2) is 0 Å². The molecular weight excluding hydrogens is 186 g/mol. The van der Waals surface area contributed by atoms with Crippen molar-refractivity contribution in [3.05, 3.63) is 29.3 Å². The molecule has 0 aliphatic heterocycles. The first kappa shape index (κ1) is 10.2. The summed E-state index contributed by atoms with van der Waals surface area (Å²) in [5, 5.41) is 7.77. The van der Waals surface area contributed by atoms with Gasteiger partial charge in [-0.2, -0.15) is 0 Å². The largest absolute Gasteiger partial charge is 0.487 e. The maximum absolute atomic E-state index is 7.77. The van der Waals surface area contributed by atoms with Crippen LogP contribution in [-0.2, 0) is 0 Å². The maximum atomic E-state index is 7.77. The van der Waals surface area contributed by atoms with Crippen LogP contribution in [0.15, 0.2) is 18.2 Å². The summed E-state index contributed by atoms with van der Waals surface area (Å²) in [4.78, 5) is 0. The number of ether oxygens (including phenoxy) is 1. The SMILES string of the molecule is Cc1cccc(C)c1OCC(=N)C1CC1. The molecule has 2 rings (SSSR count). The van der Waals surface area contributed by atoms with E-state index in [1.54, 1.807) is 0 Å². The van der Waals surface area contributed by atoms with Crippen molar-refractivity contribution in [1.29, 1.82) is 5.41 Å². The van der Waals surface area contributed by atoms with Crippen molar-refractivity contribution in [2.24, 2.45) is 5.92 Å². The first-order chi connectivity index (χ1) is 7.18. The van der Waals surface area contributed by atoms with Gasteiger partial charge < -0.3 is 10.1 Å². The number of rotatable bonds is 4. The molecule has 0 heterocycles. The molecule has 2 heteroatoms. The van der Waals surface area contributed by atoms with Gasteiger partial charge in [-0.1, -0.05) is 18.2 Å². The van der Waals surface area contributed by atoms with Gasteiger partial charge >= 0.3 is 0 Å². The number of hydrogen-bond donors (Lipinski definition) is 1. The molecule has 1 N–H and O–H groups in total. The minimum Gasteiger partial charge on any atom is -0.487 e. The zero-order chi connectivity index (χ0) is 10.8. The van der Waals surface area contributed by atoms with Gasteiger partial charge in [0.05, 0.1) is 0 Å². The molecule has 1 aliphatic carbocycles. The fourth-order valence-electron chi connectivity index (χ4n) is 1.73. The van der Waals surface area contributed by atoms with E-state index < -0.39 is 0 Å². The van der Waals surface area contributed by atoms with Crippen molar-refractivity contribution < 1.29 is 4.74 Å². The van der Waals surface area contributed by atoms with Crippen molar-refractivity contribution in [3.8, 4) is 5.75 Å². The van der Waals surface area contributed by atoms with Crippen LogP contribution in [-0.4, -0.2) is 12.3 Å². The Balaban J connectivity index is 2.00. The van der Waals surface area contributed by atoms with Crippen molar-refractivity contribution in [1.82, 2.24) is 0 Å². The molecular formula is C13H17NO. The summed E-state index contributed by atoms with van der Waals surface area (Å²) >= 11 is 0. The zero-order valence-corrected chi connectivity index (χ0v) is 9.34. The fraction of sp³-hybridized carbons (Fsp3) is 0.462. The highest BCUT2D eigenvalue weighted by Crippen LogP contribution is 2.30. The van der Waals surface area contributed by atoms with Crippen LogP contribution < -0.4 is 4.74 Å². The van der Waals surface area contributed by atoms with E-state index in [1.165, 1.54) is 12.8 Å². The topological polar surface area (TPSA) is 33.1 Å². The number of aryl methyl sites for hydroxylation is 2.